The van der Waals surface area contributed by atoms with E-state index in [-0.39, 0.29) is 23.9 Å². The summed E-state index contributed by atoms with van der Waals surface area (Å²) in [7, 11) is 3.86. The first-order valence-electron chi connectivity index (χ1n) is 9.71. The average molecular weight is 383 g/mol. The molecule has 6 heteroatoms. The first-order chi connectivity index (χ1) is 13.3. The van der Waals surface area contributed by atoms with E-state index in [9.17, 15) is 14.7 Å². The van der Waals surface area contributed by atoms with E-state index in [0.717, 1.165) is 11.3 Å². The van der Waals surface area contributed by atoms with Gasteiger partial charge in [-0.3, -0.25) is 9.59 Å². The number of carbonyl (C=O) groups excluding carboxylic acids is 1. The van der Waals surface area contributed by atoms with Crippen molar-refractivity contribution in [3.8, 4) is 0 Å². The van der Waals surface area contributed by atoms with Gasteiger partial charge in [-0.25, -0.2) is 0 Å². The summed E-state index contributed by atoms with van der Waals surface area (Å²) in [5, 5.41) is 11.4. The highest BCUT2D eigenvalue weighted by molar-refractivity contribution is 5.76. The zero-order chi connectivity index (χ0) is 20.3. The number of likely N-dealkylation sites (N-methyl/N-ethyl adjacent to an activating group) is 1. The molecule has 0 radical (unpaired) electrons. The van der Waals surface area contributed by atoms with Gasteiger partial charge in [0.1, 0.15) is 5.60 Å². The van der Waals surface area contributed by atoms with Gasteiger partial charge in [0.15, 0.2) is 0 Å². The minimum atomic E-state index is -0.992. The van der Waals surface area contributed by atoms with E-state index in [4.69, 9.17) is 0 Å². The number of amides is 1. The summed E-state index contributed by atoms with van der Waals surface area (Å²) in [6.45, 7) is 3.20. The molecule has 0 bridgehead atoms. The van der Waals surface area contributed by atoms with Gasteiger partial charge in [-0.15, -0.1) is 0 Å². The van der Waals surface area contributed by atoms with Gasteiger partial charge < -0.3 is 19.5 Å². The Morgan fingerprint density at radius 2 is 1.89 bits per heavy atom. The first-order valence-corrected chi connectivity index (χ1v) is 9.71. The summed E-state index contributed by atoms with van der Waals surface area (Å²) < 4.78 is 1.63. The molecule has 150 valence electrons. The van der Waals surface area contributed by atoms with Crippen molar-refractivity contribution >= 4 is 5.91 Å². The second-order valence-corrected chi connectivity index (χ2v) is 7.77. The van der Waals surface area contributed by atoms with Crippen LogP contribution in [-0.2, 0) is 16.9 Å². The van der Waals surface area contributed by atoms with Crippen LogP contribution in [0.4, 0.5) is 0 Å². The number of hydrogen-bond acceptors (Lipinski definition) is 4. The van der Waals surface area contributed by atoms with Gasteiger partial charge in [-0.05, 0) is 39.1 Å². The van der Waals surface area contributed by atoms with Crippen molar-refractivity contribution in [3.63, 3.8) is 0 Å². The molecule has 0 spiro atoms. The average Bonchev–Trinajstić information content (AvgIpc) is 2.68. The number of rotatable bonds is 5. The zero-order valence-corrected chi connectivity index (χ0v) is 16.8. The predicted molar refractivity (Wildman–Crippen MR) is 109 cm³/mol. The lowest BCUT2D eigenvalue weighted by atomic mass is 9.79. The van der Waals surface area contributed by atoms with Gasteiger partial charge in [0.05, 0.1) is 6.04 Å². The van der Waals surface area contributed by atoms with Crippen molar-refractivity contribution in [1.29, 1.82) is 0 Å². The van der Waals surface area contributed by atoms with E-state index in [1.54, 1.807) is 10.6 Å². The number of aromatic nitrogens is 1. The molecule has 1 N–H and O–H groups in total. The number of nitrogens with zero attached hydrogens (tertiary/aromatic N) is 3. The summed E-state index contributed by atoms with van der Waals surface area (Å²) in [5.41, 5.74) is 0.654. The Balaban J connectivity index is 1.71. The third-order valence-electron chi connectivity index (χ3n) is 5.77. The minimum absolute atomic E-state index is 0.0112. The fourth-order valence-corrected chi connectivity index (χ4v) is 4.08. The van der Waals surface area contributed by atoms with E-state index in [0.29, 0.717) is 26.1 Å². The standard InChI is InChI=1S/C22H29N3O3/c1-17-8-7-11-21(27)25(17)14-12-20(26)24-15-13-22(28,19(16-24)23(2)3)18-9-5-4-6-10-18/h4-11,19,28H,12-16H2,1-3H3/t19-,22+/m1/s1. The predicted octanol–water partition coefficient (Wildman–Crippen LogP) is 1.60. The Kier molecular flexibility index (Phi) is 6.01. The maximum absolute atomic E-state index is 12.8. The quantitative estimate of drug-likeness (QED) is 0.852. The molecule has 1 aliphatic rings. The van der Waals surface area contributed by atoms with Gasteiger partial charge in [0.2, 0.25) is 5.91 Å². The molecule has 2 aromatic rings. The lowest BCUT2D eigenvalue weighted by Crippen LogP contribution is -2.60. The summed E-state index contributed by atoms with van der Waals surface area (Å²) >= 11 is 0. The van der Waals surface area contributed by atoms with E-state index >= 15 is 0 Å². The molecule has 1 saturated heterocycles. The molecule has 1 fully saturated rings. The van der Waals surface area contributed by atoms with Crippen molar-refractivity contribution in [2.24, 2.45) is 0 Å². The Morgan fingerprint density at radius 1 is 1.18 bits per heavy atom. The lowest BCUT2D eigenvalue weighted by Gasteiger charge is -2.47. The number of aliphatic hydroxyl groups is 1. The molecular weight excluding hydrogens is 354 g/mol. The van der Waals surface area contributed by atoms with Crippen LogP contribution in [0.25, 0.3) is 0 Å². The third kappa shape index (κ3) is 4.03. The number of pyridine rings is 1. The van der Waals surface area contributed by atoms with Crippen LogP contribution in [-0.4, -0.2) is 58.6 Å². The molecule has 1 amide bonds. The molecule has 1 aromatic carbocycles. The topological polar surface area (TPSA) is 65.8 Å². The fraction of sp³-hybridized carbons (Fsp3) is 0.455. The van der Waals surface area contributed by atoms with Crippen LogP contribution < -0.4 is 5.56 Å². The highest BCUT2D eigenvalue weighted by Crippen LogP contribution is 2.35. The molecule has 0 aliphatic carbocycles. The Hall–Kier alpha value is -2.44. The molecule has 0 saturated carbocycles. The molecular formula is C22H29N3O3. The zero-order valence-electron chi connectivity index (χ0n) is 16.8. The number of aryl methyl sites for hydroxylation is 1. The van der Waals surface area contributed by atoms with E-state index < -0.39 is 5.60 Å². The van der Waals surface area contributed by atoms with Crippen LogP contribution in [0.3, 0.4) is 0 Å². The van der Waals surface area contributed by atoms with Crippen molar-refractivity contribution in [3.05, 3.63) is 70.1 Å². The van der Waals surface area contributed by atoms with E-state index in [2.05, 4.69) is 0 Å². The first kappa shape index (κ1) is 20.3. The number of hydrogen-bond donors (Lipinski definition) is 1. The molecule has 6 nitrogen and oxygen atoms in total. The normalized spacial score (nSPS) is 22.5. The number of carbonyl (C=O) groups is 1. The van der Waals surface area contributed by atoms with Crippen molar-refractivity contribution in [2.45, 2.75) is 38.0 Å². The van der Waals surface area contributed by atoms with Crippen molar-refractivity contribution in [1.82, 2.24) is 14.4 Å². The van der Waals surface area contributed by atoms with Gasteiger partial charge in [-0.1, -0.05) is 36.4 Å². The summed E-state index contributed by atoms with van der Waals surface area (Å²) in [6, 6.07) is 14.6. The molecule has 0 unspecified atom stereocenters. The van der Waals surface area contributed by atoms with Crippen LogP contribution in [0.2, 0.25) is 0 Å². The summed E-state index contributed by atoms with van der Waals surface area (Å²) in [5.74, 6) is 0.0112. The number of likely N-dealkylation sites (tertiary alicyclic amines) is 1. The highest BCUT2D eigenvalue weighted by Gasteiger charge is 2.44. The number of benzene rings is 1. The maximum Gasteiger partial charge on any atom is 0.250 e. The molecule has 28 heavy (non-hydrogen) atoms. The van der Waals surface area contributed by atoms with E-state index in [1.165, 1.54) is 6.07 Å². The number of piperidine rings is 1. The van der Waals surface area contributed by atoms with Gasteiger partial charge in [0, 0.05) is 37.8 Å². The molecule has 1 aliphatic heterocycles. The molecule has 2 heterocycles. The fourth-order valence-electron chi connectivity index (χ4n) is 4.08. The molecule has 1 aromatic heterocycles. The second kappa shape index (κ2) is 8.29. The van der Waals surface area contributed by atoms with Gasteiger partial charge in [-0.2, -0.15) is 0 Å². The Morgan fingerprint density at radius 3 is 2.54 bits per heavy atom. The van der Waals surface area contributed by atoms with Crippen LogP contribution in [0.15, 0.2) is 53.3 Å². The Labute approximate surface area is 166 Å². The summed E-state index contributed by atoms with van der Waals surface area (Å²) in [4.78, 5) is 28.6. The van der Waals surface area contributed by atoms with Crippen molar-refractivity contribution in [2.75, 3.05) is 27.2 Å². The van der Waals surface area contributed by atoms with Crippen LogP contribution >= 0.6 is 0 Å². The highest BCUT2D eigenvalue weighted by atomic mass is 16.3. The molecule has 2 atom stereocenters. The van der Waals surface area contributed by atoms with Gasteiger partial charge in [0.25, 0.3) is 5.56 Å². The lowest BCUT2D eigenvalue weighted by molar-refractivity contribution is -0.142. The minimum Gasteiger partial charge on any atom is -0.383 e. The van der Waals surface area contributed by atoms with Crippen molar-refractivity contribution < 1.29 is 9.90 Å². The van der Waals surface area contributed by atoms with Gasteiger partial charge >= 0.3 is 0 Å². The van der Waals surface area contributed by atoms with Crippen LogP contribution in [0.1, 0.15) is 24.1 Å². The second-order valence-electron chi connectivity index (χ2n) is 7.77. The SMILES string of the molecule is Cc1cccc(=O)n1CCC(=O)N1CC[C@](O)(c2ccccc2)[C@H](N(C)C)C1. The maximum atomic E-state index is 12.8. The monoisotopic (exact) mass is 383 g/mol. The van der Waals surface area contributed by atoms with E-state index in [1.807, 2.05) is 67.2 Å². The summed E-state index contributed by atoms with van der Waals surface area (Å²) in [6.07, 6.45) is 0.755. The van der Waals surface area contributed by atoms with Crippen LogP contribution in [0, 0.1) is 6.92 Å². The smallest absolute Gasteiger partial charge is 0.250 e. The van der Waals surface area contributed by atoms with Crippen LogP contribution in [0.5, 0.6) is 0 Å². The Bertz CT molecular complexity index is 878. The largest absolute Gasteiger partial charge is 0.383 e. The third-order valence-corrected chi connectivity index (χ3v) is 5.77. The molecule has 3 rings (SSSR count).